The number of carbonyl (C=O) groups is 4. The predicted molar refractivity (Wildman–Crippen MR) is 154 cm³/mol. The zero-order valence-electron chi connectivity index (χ0n) is 22.5. The van der Waals surface area contributed by atoms with Crippen LogP contribution in [0, 0.1) is 6.92 Å². The molecule has 2 aliphatic heterocycles. The fraction of sp³-hybridized carbons (Fsp3) is 0.364. The van der Waals surface area contributed by atoms with E-state index < -0.39 is 40.7 Å². The number of carboxylic acids is 1. The number of carbonyl (C=O) groups excluding carboxylic acids is 3. The molecule has 43 heavy (non-hydrogen) atoms. The Labute approximate surface area is 254 Å². The molecule has 1 fully saturated rings. The normalized spacial score (nSPS) is 19.6. The number of carboxylic acid groups (broad SMARTS) is 1. The molecule has 3 aromatic heterocycles. The van der Waals surface area contributed by atoms with Gasteiger partial charge in [-0.1, -0.05) is 10.3 Å². The highest BCUT2D eigenvalue weighted by atomic mass is 32.2. The fourth-order valence-electron chi connectivity index (χ4n) is 4.32. The molecule has 0 spiro atoms. The molecule has 0 saturated carbocycles. The summed E-state index contributed by atoms with van der Waals surface area (Å²) in [6.45, 7) is 3.20. The number of thiazole rings is 1. The predicted octanol–water partition coefficient (Wildman–Crippen LogP) is -1.31. The van der Waals surface area contributed by atoms with Gasteiger partial charge in [-0.2, -0.15) is 4.52 Å². The second kappa shape index (κ2) is 12.1. The summed E-state index contributed by atoms with van der Waals surface area (Å²) in [5, 5.41) is 29.4. The van der Waals surface area contributed by atoms with Crippen molar-refractivity contribution < 1.29 is 29.1 Å². The van der Waals surface area contributed by atoms with E-state index in [1.54, 1.807) is 18.4 Å². The first-order valence-electron chi connectivity index (χ1n) is 12.3. The largest absolute Gasteiger partial charge is 0.477 e. The van der Waals surface area contributed by atoms with E-state index in [1.807, 2.05) is 5.43 Å². The third kappa shape index (κ3) is 6.09. The van der Waals surface area contributed by atoms with E-state index in [1.165, 1.54) is 46.3 Å². The van der Waals surface area contributed by atoms with Gasteiger partial charge in [-0.15, -0.1) is 34.9 Å². The number of amides is 3. The third-order valence-corrected chi connectivity index (χ3v) is 9.48. The molecule has 3 unspecified atom stereocenters. The van der Waals surface area contributed by atoms with E-state index in [-0.39, 0.29) is 17.9 Å². The topological polar surface area (TPSA) is 258 Å². The summed E-state index contributed by atoms with van der Waals surface area (Å²) in [5.74, 6) is 2.81. The molecule has 18 nitrogen and oxygen atoms in total. The summed E-state index contributed by atoms with van der Waals surface area (Å²) in [7, 11) is 0. The second-order valence-electron chi connectivity index (χ2n) is 9.45. The molecule has 3 aromatic rings. The summed E-state index contributed by atoms with van der Waals surface area (Å²) in [5.41, 5.74) is 7.56. The van der Waals surface area contributed by atoms with Crippen molar-refractivity contribution >= 4 is 75.7 Å². The van der Waals surface area contributed by atoms with Gasteiger partial charge in [-0.05, 0) is 35.9 Å². The summed E-state index contributed by atoms with van der Waals surface area (Å²) >= 11 is 3.81. The molecule has 0 bridgehead atoms. The van der Waals surface area contributed by atoms with Crippen molar-refractivity contribution in [1.29, 1.82) is 0 Å². The number of aryl methyl sites for hydroxylation is 1. The van der Waals surface area contributed by atoms with Crippen molar-refractivity contribution in [2.45, 2.75) is 42.3 Å². The first kappa shape index (κ1) is 30.1. The average molecular weight is 649 g/mol. The minimum absolute atomic E-state index is 0.0379. The van der Waals surface area contributed by atoms with Crippen LogP contribution >= 0.6 is 34.9 Å². The molecule has 1 saturated heterocycles. The Kier molecular flexibility index (Phi) is 8.48. The smallest absolute Gasteiger partial charge is 0.352 e. The number of thioether (sulfide) groups is 2. The molecule has 7 N–H and O–H groups in total. The number of nitrogens with two attached hydrogens (primary N) is 2. The molecule has 226 valence electrons. The Balaban J connectivity index is 1.23. The van der Waals surface area contributed by atoms with Crippen LogP contribution in [0.5, 0.6) is 0 Å². The van der Waals surface area contributed by atoms with E-state index in [4.69, 9.17) is 16.4 Å². The van der Waals surface area contributed by atoms with Gasteiger partial charge in [-0.25, -0.2) is 20.6 Å². The Hall–Kier alpha value is -4.34. The summed E-state index contributed by atoms with van der Waals surface area (Å²) in [6.07, 6.45) is 0.733. The number of β-lactam (4-membered cyclic amide) rings is 1. The molecular weight excluding hydrogens is 625 g/mol. The Morgan fingerprint density at radius 3 is 2.86 bits per heavy atom. The van der Waals surface area contributed by atoms with Crippen LogP contribution in [-0.4, -0.2) is 98.4 Å². The standard InChI is InChI=1S/C22H24N12O6S3/c1-9-3-13(34-21(26-9)30-31-32-34)41-6-10-7-42-17-14(16(36)33(17)15(10)18(37)38)28-12(35)5-25-40-22(2,19(39)29-24)4-11-8-43-20(23)27-11/h3,5,8,14,17H,4,6-7,24H2,1-2H3,(H2,23,27)(H,28,35)(H,29,39)(H,37,38)/b25-5+. The van der Waals surface area contributed by atoms with E-state index in [0.717, 1.165) is 11.1 Å². The SMILES string of the molecule is Cc1cc(SCC2=C(C(=O)O)N3C(=O)C(NC(=O)/C=N/OC(C)(Cc4csc(N)n4)C(=O)NN)C3SC2)n2nnnc2n1. The van der Waals surface area contributed by atoms with Crippen LogP contribution in [-0.2, 0) is 30.4 Å². The van der Waals surface area contributed by atoms with Crippen LogP contribution in [0.4, 0.5) is 5.13 Å². The zero-order chi connectivity index (χ0) is 30.9. The van der Waals surface area contributed by atoms with Gasteiger partial charge in [-0.3, -0.25) is 24.7 Å². The second-order valence-corrected chi connectivity index (χ2v) is 12.4. The van der Waals surface area contributed by atoms with Gasteiger partial charge < -0.3 is 21.0 Å². The number of oxime groups is 1. The molecule has 0 aromatic carbocycles. The maximum Gasteiger partial charge on any atom is 0.352 e. The van der Waals surface area contributed by atoms with Crippen molar-refractivity contribution in [3.8, 4) is 0 Å². The fourth-order valence-corrected chi connectivity index (χ4v) is 7.41. The van der Waals surface area contributed by atoms with Crippen LogP contribution < -0.4 is 22.3 Å². The third-order valence-electron chi connectivity index (χ3n) is 6.34. The van der Waals surface area contributed by atoms with Crippen LogP contribution in [0.15, 0.2) is 32.9 Å². The van der Waals surface area contributed by atoms with Crippen molar-refractivity contribution in [1.82, 2.24) is 45.7 Å². The van der Waals surface area contributed by atoms with E-state index in [0.29, 0.717) is 38.6 Å². The number of nitrogens with one attached hydrogen (secondary N) is 2. The number of tetrazole rings is 1. The van der Waals surface area contributed by atoms with Gasteiger partial charge >= 0.3 is 5.97 Å². The molecule has 5 rings (SSSR count). The quantitative estimate of drug-likeness (QED) is 0.0308. The zero-order valence-corrected chi connectivity index (χ0v) is 24.9. The van der Waals surface area contributed by atoms with Gasteiger partial charge in [0.1, 0.15) is 28.4 Å². The number of nitrogen functional groups attached to an aromatic ring is 1. The number of hydrazine groups is 1. The van der Waals surface area contributed by atoms with E-state index in [2.05, 4.69) is 36.0 Å². The minimum atomic E-state index is -1.62. The van der Waals surface area contributed by atoms with Crippen molar-refractivity contribution in [2.75, 3.05) is 17.2 Å². The van der Waals surface area contributed by atoms with Gasteiger partial charge in [0.25, 0.3) is 23.5 Å². The Morgan fingerprint density at radius 2 is 2.16 bits per heavy atom. The molecule has 3 atom stereocenters. The Morgan fingerprint density at radius 1 is 1.37 bits per heavy atom. The molecule has 21 heteroatoms. The van der Waals surface area contributed by atoms with Gasteiger partial charge in [0, 0.05) is 29.0 Å². The lowest BCUT2D eigenvalue weighted by molar-refractivity contribution is -0.150. The van der Waals surface area contributed by atoms with Gasteiger partial charge in [0.05, 0.1) is 5.69 Å². The number of hydrogen-bond donors (Lipinski definition) is 5. The molecule has 3 amide bonds. The van der Waals surface area contributed by atoms with Crippen molar-refractivity contribution in [3.05, 3.63) is 34.1 Å². The average Bonchev–Trinajstić information content (AvgIpc) is 3.61. The van der Waals surface area contributed by atoms with Crippen LogP contribution in [0.3, 0.4) is 0 Å². The van der Waals surface area contributed by atoms with E-state index >= 15 is 0 Å². The number of aromatic nitrogens is 6. The minimum Gasteiger partial charge on any atom is -0.477 e. The summed E-state index contributed by atoms with van der Waals surface area (Å²) < 4.78 is 1.45. The van der Waals surface area contributed by atoms with Crippen molar-refractivity contribution in [2.24, 2.45) is 11.0 Å². The maximum absolute atomic E-state index is 13.0. The van der Waals surface area contributed by atoms with Crippen LogP contribution in [0.2, 0.25) is 0 Å². The summed E-state index contributed by atoms with van der Waals surface area (Å²) in [6, 6.07) is 0.784. The molecule has 0 radical (unpaired) electrons. The van der Waals surface area contributed by atoms with Crippen molar-refractivity contribution in [3.63, 3.8) is 0 Å². The van der Waals surface area contributed by atoms with Gasteiger partial charge in [0.2, 0.25) is 5.60 Å². The first-order chi connectivity index (χ1) is 20.5. The van der Waals surface area contributed by atoms with E-state index in [9.17, 15) is 24.3 Å². The number of nitrogens with zero attached hydrogens (tertiary/aromatic N) is 8. The highest BCUT2D eigenvalue weighted by Gasteiger charge is 2.54. The number of fused-ring (bicyclic) bond motifs is 2. The summed E-state index contributed by atoms with van der Waals surface area (Å²) in [4.78, 5) is 65.0. The lowest BCUT2D eigenvalue weighted by atomic mass is 10.00. The van der Waals surface area contributed by atoms with Crippen LogP contribution in [0.1, 0.15) is 18.3 Å². The number of aliphatic carboxylic acids is 1. The lowest BCUT2D eigenvalue weighted by Crippen LogP contribution is -2.70. The molecule has 0 aliphatic carbocycles. The number of rotatable bonds is 11. The Bertz CT molecular complexity index is 1670. The number of hydrogen-bond acceptors (Lipinski definition) is 16. The molecule has 2 aliphatic rings. The lowest BCUT2D eigenvalue weighted by Gasteiger charge is -2.49. The number of anilines is 1. The first-order valence-corrected chi connectivity index (χ1v) is 15.2. The molecular formula is C22H24N12O6S3. The highest BCUT2D eigenvalue weighted by molar-refractivity contribution is 8.01. The highest BCUT2D eigenvalue weighted by Crippen LogP contribution is 2.41. The monoisotopic (exact) mass is 648 g/mol. The maximum atomic E-state index is 13.0. The van der Waals surface area contributed by atoms with Gasteiger partial charge in [0.15, 0.2) is 5.13 Å². The van der Waals surface area contributed by atoms with Crippen LogP contribution in [0.25, 0.3) is 5.78 Å². The molecule has 5 heterocycles.